The van der Waals surface area contributed by atoms with Gasteiger partial charge in [-0.2, -0.15) is 0 Å². The van der Waals surface area contributed by atoms with Crippen molar-refractivity contribution in [2.24, 2.45) is 0 Å². The second kappa shape index (κ2) is 10.9. The van der Waals surface area contributed by atoms with Gasteiger partial charge >= 0.3 is 0 Å². The summed E-state index contributed by atoms with van der Waals surface area (Å²) in [6.45, 7) is 2.05. The third-order valence-corrected chi connectivity index (χ3v) is 5.96. The average Bonchev–Trinajstić information content (AvgIpc) is 2.90. The fraction of sp³-hybridized carbons (Fsp3) is 0.214. The van der Waals surface area contributed by atoms with Gasteiger partial charge in [0.1, 0.15) is 12.3 Å². The molecule has 186 valence electrons. The molecule has 0 bridgehead atoms. The van der Waals surface area contributed by atoms with E-state index in [9.17, 15) is 9.59 Å². The van der Waals surface area contributed by atoms with Crippen LogP contribution in [0.1, 0.15) is 11.1 Å². The maximum absolute atomic E-state index is 13.5. The van der Waals surface area contributed by atoms with E-state index < -0.39 is 0 Å². The lowest BCUT2D eigenvalue weighted by molar-refractivity contribution is -0.116. The highest BCUT2D eigenvalue weighted by Crippen LogP contribution is 2.30. The number of hydrogen-bond acceptors (Lipinski definition) is 6. The molecule has 8 heteroatoms. The van der Waals surface area contributed by atoms with E-state index in [-0.39, 0.29) is 24.6 Å². The van der Waals surface area contributed by atoms with Gasteiger partial charge in [0.15, 0.2) is 11.5 Å². The zero-order valence-electron chi connectivity index (χ0n) is 20.8. The summed E-state index contributed by atoms with van der Waals surface area (Å²) in [6, 6.07) is 20.2. The molecule has 0 aliphatic heterocycles. The molecule has 0 aliphatic carbocycles. The van der Waals surface area contributed by atoms with Crippen molar-refractivity contribution in [3.63, 3.8) is 0 Å². The summed E-state index contributed by atoms with van der Waals surface area (Å²) in [7, 11) is 4.73. The Morgan fingerprint density at radius 2 is 1.67 bits per heavy atom. The Labute approximate surface area is 209 Å². The fourth-order valence-corrected chi connectivity index (χ4v) is 4.03. The maximum atomic E-state index is 13.5. The number of anilines is 2. The fourth-order valence-electron chi connectivity index (χ4n) is 4.03. The Bertz CT molecular complexity index is 1460. The number of methoxy groups -OCH3 is 3. The predicted octanol–water partition coefficient (Wildman–Crippen LogP) is 4.59. The monoisotopic (exact) mass is 487 g/mol. The van der Waals surface area contributed by atoms with Gasteiger partial charge in [-0.05, 0) is 55.0 Å². The molecule has 36 heavy (non-hydrogen) atoms. The lowest BCUT2D eigenvalue weighted by atomic mass is 10.1. The summed E-state index contributed by atoms with van der Waals surface area (Å²) in [4.78, 5) is 26.4. The van der Waals surface area contributed by atoms with Crippen LogP contribution >= 0.6 is 0 Å². The minimum Gasteiger partial charge on any atom is -0.497 e. The molecule has 3 aromatic carbocycles. The number of pyridine rings is 1. The van der Waals surface area contributed by atoms with Gasteiger partial charge in [0.05, 0.1) is 26.8 Å². The van der Waals surface area contributed by atoms with Crippen molar-refractivity contribution in [1.29, 1.82) is 0 Å². The maximum Gasteiger partial charge on any atom is 0.256 e. The molecule has 0 unspecified atom stereocenters. The van der Waals surface area contributed by atoms with E-state index >= 15 is 0 Å². The van der Waals surface area contributed by atoms with Crippen LogP contribution in [0.15, 0.2) is 71.5 Å². The van der Waals surface area contributed by atoms with Crippen LogP contribution in [-0.2, 0) is 17.9 Å². The molecule has 2 N–H and O–H groups in total. The average molecular weight is 488 g/mol. The van der Waals surface area contributed by atoms with E-state index in [1.165, 1.54) is 4.57 Å². The zero-order chi connectivity index (χ0) is 25.7. The molecular weight excluding hydrogens is 458 g/mol. The number of aryl methyl sites for hydroxylation is 1. The van der Waals surface area contributed by atoms with Gasteiger partial charge in [0, 0.05) is 34.9 Å². The summed E-state index contributed by atoms with van der Waals surface area (Å²) in [5.41, 5.74) is 3.33. The number of rotatable bonds is 9. The third kappa shape index (κ3) is 5.27. The second-order valence-corrected chi connectivity index (χ2v) is 8.27. The van der Waals surface area contributed by atoms with Gasteiger partial charge < -0.3 is 24.8 Å². The van der Waals surface area contributed by atoms with E-state index in [2.05, 4.69) is 10.6 Å². The van der Waals surface area contributed by atoms with Crippen molar-refractivity contribution in [1.82, 2.24) is 4.57 Å². The van der Waals surface area contributed by atoms with Crippen LogP contribution < -0.4 is 30.4 Å². The minimum atomic E-state index is -0.284. The number of ether oxygens (including phenoxy) is 3. The largest absolute Gasteiger partial charge is 0.497 e. The van der Waals surface area contributed by atoms with Crippen LogP contribution in [-0.4, -0.2) is 31.8 Å². The van der Waals surface area contributed by atoms with Crippen LogP contribution in [0.25, 0.3) is 10.9 Å². The normalized spacial score (nSPS) is 10.7. The van der Waals surface area contributed by atoms with E-state index in [4.69, 9.17) is 14.2 Å². The van der Waals surface area contributed by atoms with E-state index in [0.29, 0.717) is 34.0 Å². The summed E-state index contributed by atoms with van der Waals surface area (Å²) in [6.07, 6.45) is 0. The smallest absolute Gasteiger partial charge is 0.256 e. The number of aromatic nitrogens is 1. The predicted molar refractivity (Wildman–Crippen MR) is 141 cm³/mol. The molecule has 0 radical (unpaired) electrons. The van der Waals surface area contributed by atoms with E-state index in [1.807, 2.05) is 49.4 Å². The first-order valence-corrected chi connectivity index (χ1v) is 11.5. The first-order chi connectivity index (χ1) is 17.4. The number of hydrogen-bond donors (Lipinski definition) is 2. The number of benzene rings is 3. The molecule has 4 rings (SSSR count). The molecule has 0 aliphatic rings. The second-order valence-electron chi connectivity index (χ2n) is 8.27. The van der Waals surface area contributed by atoms with Crippen LogP contribution in [0, 0.1) is 6.92 Å². The number of amides is 1. The van der Waals surface area contributed by atoms with Gasteiger partial charge in [-0.15, -0.1) is 0 Å². The molecule has 0 saturated heterocycles. The van der Waals surface area contributed by atoms with Crippen molar-refractivity contribution in [2.75, 3.05) is 32.0 Å². The van der Waals surface area contributed by atoms with Crippen molar-refractivity contribution < 1.29 is 19.0 Å². The number of fused-ring (bicyclic) bond motifs is 1. The summed E-state index contributed by atoms with van der Waals surface area (Å²) >= 11 is 0. The molecule has 0 atom stereocenters. The number of carbonyl (C=O) groups excluding carboxylic acids is 1. The Hall–Kier alpha value is -4.46. The molecule has 1 aromatic heterocycles. The summed E-state index contributed by atoms with van der Waals surface area (Å²) in [5, 5.41) is 6.97. The third-order valence-electron chi connectivity index (χ3n) is 5.96. The van der Waals surface area contributed by atoms with Crippen LogP contribution in [0.5, 0.6) is 17.2 Å². The van der Waals surface area contributed by atoms with Crippen molar-refractivity contribution in [2.45, 2.75) is 20.0 Å². The van der Waals surface area contributed by atoms with Gasteiger partial charge in [0.25, 0.3) is 5.56 Å². The number of nitrogens with zero attached hydrogens (tertiary/aromatic N) is 1. The van der Waals surface area contributed by atoms with Crippen molar-refractivity contribution in [3.05, 3.63) is 88.2 Å². The number of para-hydroxylation sites is 1. The molecule has 1 amide bonds. The molecule has 1 heterocycles. The number of nitrogens with one attached hydrogen (secondary N) is 2. The van der Waals surface area contributed by atoms with Gasteiger partial charge in [-0.3, -0.25) is 14.2 Å². The van der Waals surface area contributed by atoms with Crippen molar-refractivity contribution in [3.8, 4) is 17.2 Å². The van der Waals surface area contributed by atoms with Gasteiger partial charge in [-0.25, -0.2) is 0 Å². The molecular formula is C28H29N3O5. The van der Waals surface area contributed by atoms with E-state index in [1.54, 1.807) is 45.6 Å². The number of carbonyl (C=O) groups is 1. The lowest BCUT2D eigenvalue weighted by Gasteiger charge is -2.16. The highest BCUT2D eigenvalue weighted by molar-refractivity contribution is 5.92. The first kappa shape index (κ1) is 24.7. The van der Waals surface area contributed by atoms with Crippen molar-refractivity contribution >= 4 is 28.2 Å². The zero-order valence-corrected chi connectivity index (χ0v) is 20.8. The minimum absolute atomic E-state index is 0.125. The van der Waals surface area contributed by atoms with Gasteiger partial charge in [-0.1, -0.05) is 18.2 Å². The van der Waals surface area contributed by atoms with Crippen LogP contribution in [0.2, 0.25) is 0 Å². The van der Waals surface area contributed by atoms with E-state index in [0.717, 1.165) is 16.6 Å². The first-order valence-electron chi connectivity index (χ1n) is 11.5. The van der Waals surface area contributed by atoms with Crippen LogP contribution in [0.3, 0.4) is 0 Å². The molecule has 0 spiro atoms. The molecule has 8 nitrogen and oxygen atoms in total. The highest BCUT2D eigenvalue weighted by Gasteiger charge is 2.14. The molecule has 0 fully saturated rings. The lowest BCUT2D eigenvalue weighted by Crippen LogP contribution is -2.30. The molecule has 0 saturated carbocycles. The summed E-state index contributed by atoms with van der Waals surface area (Å²) in [5.74, 6) is 1.57. The topological polar surface area (TPSA) is 90.8 Å². The Kier molecular flexibility index (Phi) is 7.44. The van der Waals surface area contributed by atoms with Crippen LogP contribution in [0.4, 0.5) is 11.4 Å². The summed E-state index contributed by atoms with van der Waals surface area (Å²) < 4.78 is 17.5. The standard InChI is InChI=1S/C28H29N3O5/c1-18-7-5-6-8-23(18)30-27(32)17-31-24-11-10-22(34-2)14-19(24)13-20(28(31)33)16-29-21-9-12-25(35-3)26(15-21)36-4/h5-15,29H,16-17H2,1-4H3,(H,30,32). The quantitative estimate of drug-likeness (QED) is 0.359. The highest BCUT2D eigenvalue weighted by atomic mass is 16.5. The van der Waals surface area contributed by atoms with Gasteiger partial charge in [0.2, 0.25) is 5.91 Å². The SMILES string of the molecule is COc1ccc2c(c1)cc(CNc1ccc(OC)c(OC)c1)c(=O)n2CC(=O)Nc1ccccc1C. The Morgan fingerprint density at radius 1 is 0.889 bits per heavy atom. The Morgan fingerprint density at radius 3 is 2.39 bits per heavy atom. The molecule has 4 aromatic rings. The Balaban J connectivity index is 1.67.